The van der Waals surface area contributed by atoms with E-state index in [1.165, 1.54) is 10.9 Å². The molecule has 110 valence electrons. The Balaban J connectivity index is 2.49. The first kappa shape index (κ1) is 15.9. The third kappa shape index (κ3) is 4.78. The van der Waals surface area contributed by atoms with Crippen LogP contribution in [-0.2, 0) is 21.3 Å². The van der Waals surface area contributed by atoms with Crippen LogP contribution in [0.3, 0.4) is 0 Å². The maximum atomic E-state index is 11.9. The molecule has 0 aliphatic rings. The molecule has 0 atom stereocenters. The van der Waals surface area contributed by atoms with Crippen molar-refractivity contribution >= 4 is 15.8 Å². The van der Waals surface area contributed by atoms with Gasteiger partial charge in [0.05, 0.1) is 13.2 Å². The molecule has 0 radical (unpaired) electrons. The van der Waals surface area contributed by atoms with Gasteiger partial charge < -0.3 is 15.6 Å². The zero-order chi connectivity index (χ0) is 14.3. The summed E-state index contributed by atoms with van der Waals surface area (Å²) in [5.41, 5.74) is 5.57. The third-order valence-electron chi connectivity index (χ3n) is 2.36. The largest absolute Gasteiger partial charge is 0.394 e. The van der Waals surface area contributed by atoms with Crippen LogP contribution in [0.5, 0.6) is 0 Å². The summed E-state index contributed by atoms with van der Waals surface area (Å²) >= 11 is 0. The molecule has 0 aliphatic carbocycles. The molecule has 0 aromatic carbocycles. The molecule has 0 saturated heterocycles. The second-order valence-corrected chi connectivity index (χ2v) is 5.56. The maximum absolute atomic E-state index is 11.9. The fraction of sp³-hybridized carbons (Fsp3) is 0.700. The highest BCUT2D eigenvalue weighted by atomic mass is 32.2. The Hall–Kier alpha value is -1.16. The fourth-order valence-corrected chi connectivity index (χ4v) is 2.56. The molecule has 1 rings (SSSR count). The van der Waals surface area contributed by atoms with Crippen molar-refractivity contribution < 1.29 is 18.3 Å². The lowest BCUT2D eigenvalue weighted by molar-refractivity contribution is 0.0913. The minimum Gasteiger partial charge on any atom is -0.394 e. The van der Waals surface area contributed by atoms with Crippen molar-refractivity contribution in [3.8, 4) is 0 Å². The van der Waals surface area contributed by atoms with Crippen molar-refractivity contribution in [3.05, 3.63) is 6.20 Å². The highest BCUT2D eigenvalue weighted by molar-refractivity contribution is 7.89. The quantitative estimate of drug-likeness (QED) is 0.511. The van der Waals surface area contributed by atoms with E-state index in [1.54, 1.807) is 0 Å². The number of aromatic nitrogens is 2. The van der Waals surface area contributed by atoms with E-state index in [4.69, 9.17) is 15.6 Å². The first-order chi connectivity index (χ1) is 9.01. The monoisotopic (exact) mass is 292 g/mol. The number of aliphatic hydroxyl groups is 1. The lowest BCUT2D eigenvalue weighted by atomic mass is 10.5. The van der Waals surface area contributed by atoms with Crippen molar-refractivity contribution in [3.63, 3.8) is 0 Å². The van der Waals surface area contributed by atoms with Crippen LogP contribution in [-0.4, -0.2) is 49.7 Å². The molecule has 1 heterocycles. The summed E-state index contributed by atoms with van der Waals surface area (Å²) in [6.45, 7) is 3.22. The van der Waals surface area contributed by atoms with Gasteiger partial charge in [0.1, 0.15) is 4.90 Å². The summed E-state index contributed by atoms with van der Waals surface area (Å²) in [6, 6.07) is 0. The van der Waals surface area contributed by atoms with Gasteiger partial charge in [-0.05, 0) is 13.3 Å². The number of sulfonamides is 1. The van der Waals surface area contributed by atoms with Crippen LogP contribution in [0.2, 0.25) is 0 Å². The molecule has 0 fully saturated rings. The lowest BCUT2D eigenvalue weighted by Gasteiger charge is -2.05. The lowest BCUT2D eigenvalue weighted by Crippen LogP contribution is -2.26. The van der Waals surface area contributed by atoms with Gasteiger partial charge in [0.2, 0.25) is 10.0 Å². The van der Waals surface area contributed by atoms with E-state index in [1.807, 2.05) is 6.92 Å². The Kier molecular flexibility index (Phi) is 6.22. The second-order valence-electron chi connectivity index (χ2n) is 3.82. The molecule has 8 nitrogen and oxygen atoms in total. The van der Waals surface area contributed by atoms with Crippen molar-refractivity contribution in [2.24, 2.45) is 0 Å². The van der Waals surface area contributed by atoms with E-state index in [-0.39, 0.29) is 30.5 Å². The van der Waals surface area contributed by atoms with Gasteiger partial charge in [-0.25, -0.2) is 13.1 Å². The molecule has 0 spiro atoms. The minimum atomic E-state index is -3.64. The Morgan fingerprint density at radius 2 is 2.26 bits per heavy atom. The number of nitrogen functional groups attached to an aromatic ring is 1. The number of nitrogens with two attached hydrogens (primary N) is 1. The van der Waals surface area contributed by atoms with E-state index in [0.29, 0.717) is 19.6 Å². The van der Waals surface area contributed by atoms with E-state index in [9.17, 15) is 8.42 Å². The first-order valence-electron chi connectivity index (χ1n) is 6.02. The SMILES string of the molecule is CCn1cc(S(=O)(=O)NCCCOCCO)c(N)n1. The summed E-state index contributed by atoms with van der Waals surface area (Å²) in [5, 5.41) is 12.4. The van der Waals surface area contributed by atoms with E-state index in [2.05, 4.69) is 9.82 Å². The van der Waals surface area contributed by atoms with Crippen LogP contribution in [0.1, 0.15) is 13.3 Å². The number of nitrogens with one attached hydrogen (secondary N) is 1. The van der Waals surface area contributed by atoms with E-state index < -0.39 is 10.0 Å². The maximum Gasteiger partial charge on any atom is 0.245 e. The number of aliphatic hydroxyl groups excluding tert-OH is 1. The topological polar surface area (TPSA) is 119 Å². The Labute approximate surface area is 112 Å². The zero-order valence-corrected chi connectivity index (χ0v) is 11.7. The Bertz CT molecular complexity index is 486. The van der Waals surface area contributed by atoms with E-state index >= 15 is 0 Å². The molecular formula is C10H20N4O4S. The number of nitrogens with zero attached hydrogens (tertiary/aromatic N) is 2. The molecule has 1 aromatic heterocycles. The molecule has 0 saturated carbocycles. The van der Waals surface area contributed by atoms with Gasteiger partial charge in [-0.15, -0.1) is 0 Å². The van der Waals surface area contributed by atoms with Gasteiger partial charge in [-0.3, -0.25) is 4.68 Å². The number of ether oxygens (including phenoxy) is 1. The van der Waals surface area contributed by atoms with Crippen LogP contribution in [0.25, 0.3) is 0 Å². The van der Waals surface area contributed by atoms with Crippen molar-refractivity contribution in [2.75, 3.05) is 32.1 Å². The molecule has 19 heavy (non-hydrogen) atoms. The standard InChI is InChI=1S/C10H20N4O4S/c1-2-14-8-9(10(11)13-14)19(16,17)12-4-3-6-18-7-5-15/h8,12,15H,2-7H2,1H3,(H2,11,13). The zero-order valence-electron chi connectivity index (χ0n) is 10.9. The number of anilines is 1. The normalized spacial score (nSPS) is 11.9. The molecule has 9 heteroatoms. The number of hydrogen-bond acceptors (Lipinski definition) is 6. The van der Waals surface area contributed by atoms with Gasteiger partial charge in [0, 0.05) is 25.9 Å². The molecular weight excluding hydrogens is 272 g/mol. The van der Waals surface area contributed by atoms with Crippen LogP contribution >= 0.6 is 0 Å². The predicted molar refractivity (Wildman–Crippen MR) is 70.0 cm³/mol. The molecule has 0 aliphatic heterocycles. The summed E-state index contributed by atoms with van der Waals surface area (Å²) in [7, 11) is -3.64. The average Bonchev–Trinajstić information content (AvgIpc) is 2.76. The Morgan fingerprint density at radius 1 is 1.53 bits per heavy atom. The molecule has 0 bridgehead atoms. The number of hydrogen-bond donors (Lipinski definition) is 3. The van der Waals surface area contributed by atoms with E-state index in [0.717, 1.165) is 0 Å². The van der Waals surface area contributed by atoms with Gasteiger partial charge in [0.15, 0.2) is 5.82 Å². The van der Waals surface area contributed by atoms with Crippen LogP contribution in [0.15, 0.2) is 11.1 Å². The summed E-state index contributed by atoms with van der Waals surface area (Å²) in [5.74, 6) is -0.00844. The van der Waals surface area contributed by atoms with Crippen molar-refractivity contribution in [1.29, 1.82) is 0 Å². The third-order valence-corrected chi connectivity index (χ3v) is 3.84. The Morgan fingerprint density at radius 3 is 2.84 bits per heavy atom. The fourth-order valence-electron chi connectivity index (χ4n) is 1.41. The number of aryl methyl sites for hydroxylation is 1. The van der Waals surface area contributed by atoms with Crippen molar-refractivity contribution in [1.82, 2.24) is 14.5 Å². The van der Waals surface area contributed by atoms with Gasteiger partial charge in [-0.2, -0.15) is 5.10 Å². The van der Waals surface area contributed by atoms with Crippen LogP contribution in [0.4, 0.5) is 5.82 Å². The average molecular weight is 292 g/mol. The molecule has 4 N–H and O–H groups in total. The summed E-state index contributed by atoms with van der Waals surface area (Å²) in [6.07, 6.45) is 1.92. The summed E-state index contributed by atoms with van der Waals surface area (Å²) in [4.78, 5) is -0.00868. The molecule has 0 amide bonds. The van der Waals surface area contributed by atoms with Crippen molar-refractivity contribution in [2.45, 2.75) is 24.8 Å². The number of rotatable bonds is 9. The first-order valence-corrected chi connectivity index (χ1v) is 7.50. The highest BCUT2D eigenvalue weighted by Gasteiger charge is 2.20. The predicted octanol–water partition coefficient (Wildman–Crippen LogP) is -0.837. The minimum absolute atomic E-state index is 0.00844. The van der Waals surface area contributed by atoms with Gasteiger partial charge >= 0.3 is 0 Å². The van der Waals surface area contributed by atoms with Crippen LogP contribution in [0, 0.1) is 0 Å². The van der Waals surface area contributed by atoms with Crippen LogP contribution < -0.4 is 10.5 Å². The molecule has 0 unspecified atom stereocenters. The van der Waals surface area contributed by atoms with Gasteiger partial charge in [0.25, 0.3) is 0 Å². The second kappa shape index (κ2) is 7.43. The van der Waals surface area contributed by atoms with Gasteiger partial charge in [-0.1, -0.05) is 0 Å². The molecule has 1 aromatic rings. The summed E-state index contributed by atoms with van der Waals surface area (Å²) < 4.78 is 32.8. The highest BCUT2D eigenvalue weighted by Crippen LogP contribution is 2.15. The smallest absolute Gasteiger partial charge is 0.245 e.